The summed E-state index contributed by atoms with van der Waals surface area (Å²) in [4.78, 5) is 0. The Labute approximate surface area is 120 Å². The highest BCUT2D eigenvalue weighted by atomic mass is 79.9. The maximum absolute atomic E-state index is 3.49. The molecule has 0 radical (unpaired) electrons. The van der Waals surface area contributed by atoms with Crippen LogP contribution in [-0.4, -0.2) is 13.1 Å². The lowest BCUT2D eigenvalue weighted by Gasteiger charge is -2.18. The highest BCUT2D eigenvalue weighted by Gasteiger charge is 2.10. The third-order valence-corrected chi connectivity index (χ3v) is 3.80. The third kappa shape index (κ3) is 6.55. The molecule has 1 nitrogen and oxygen atoms in total. The molecule has 0 bridgehead atoms. The number of halogens is 1. The number of rotatable bonds is 8. The monoisotopic (exact) mass is 311 g/mol. The standard InChI is InChI=1S/C16H26BrN/c1-4-18-12-15(6-5-13(2)3)11-14-7-9-16(17)10-8-14/h7-10,13,15,18H,4-6,11-12H2,1-3H3. The van der Waals surface area contributed by atoms with Gasteiger partial charge < -0.3 is 5.32 Å². The van der Waals surface area contributed by atoms with Crippen LogP contribution in [0.25, 0.3) is 0 Å². The molecule has 0 amide bonds. The fourth-order valence-electron chi connectivity index (χ4n) is 2.15. The van der Waals surface area contributed by atoms with E-state index in [1.54, 1.807) is 0 Å². The molecular formula is C16H26BrN. The average molecular weight is 312 g/mol. The fourth-order valence-corrected chi connectivity index (χ4v) is 2.41. The van der Waals surface area contributed by atoms with Crippen LogP contribution in [-0.2, 0) is 6.42 Å². The minimum Gasteiger partial charge on any atom is -0.317 e. The summed E-state index contributed by atoms with van der Waals surface area (Å²) in [5.41, 5.74) is 1.45. The summed E-state index contributed by atoms with van der Waals surface area (Å²) in [6, 6.07) is 8.75. The van der Waals surface area contributed by atoms with Crippen molar-refractivity contribution in [3.05, 3.63) is 34.3 Å². The van der Waals surface area contributed by atoms with Gasteiger partial charge in [-0.25, -0.2) is 0 Å². The van der Waals surface area contributed by atoms with Gasteiger partial charge in [0.15, 0.2) is 0 Å². The van der Waals surface area contributed by atoms with Crippen molar-refractivity contribution in [2.24, 2.45) is 11.8 Å². The fraction of sp³-hybridized carbons (Fsp3) is 0.625. The maximum Gasteiger partial charge on any atom is 0.0175 e. The van der Waals surface area contributed by atoms with Gasteiger partial charge in [-0.2, -0.15) is 0 Å². The van der Waals surface area contributed by atoms with Gasteiger partial charge in [-0.15, -0.1) is 0 Å². The largest absolute Gasteiger partial charge is 0.317 e. The van der Waals surface area contributed by atoms with E-state index in [9.17, 15) is 0 Å². The van der Waals surface area contributed by atoms with E-state index in [2.05, 4.69) is 66.3 Å². The van der Waals surface area contributed by atoms with Gasteiger partial charge in [-0.1, -0.05) is 55.3 Å². The van der Waals surface area contributed by atoms with Gasteiger partial charge in [0.2, 0.25) is 0 Å². The van der Waals surface area contributed by atoms with E-state index in [1.165, 1.54) is 24.8 Å². The Hall–Kier alpha value is -0.340. The second-order valence-electron chi connectivity index (χ2n) is 5.48. The van der Waals surface area contributed by atoms with Gasteiger partial charge in [-0.05, 0) is 55.5 Å². The van der Waals surface area contributed by atoms with Crippen LogP contribution in [0.1, 0.15) is 39.2 Å². The van der Waals surface area contributed by atoms with Crippen LogP contribution < -0.4 is 5.32 Å². The van der Waals surface area contributed by atoms with E-state index < -0.39 is 0 Å². The zero-order valence-electron chi connectivity index (χ0n) is 11.9. The lowest BCUT2D eigenvalue weighted by Crippen LogP contribution is -2.24. The molecule has 1 rings (SSSR count). The van der Waals surface area contributed by atoms with Crippen LogP contribution in [0, 0.1) is 11.8 Å². The Morgan fingerprint density at radius 2 is 1.78 bits per heavy atom. The van der Waals surface area contributed by atoms with Crippen LogP contribution in [0.5, 0.6) is 0 Å². The topological polar surface area (TPSA) is 12.0 Å². The van der Waals surface area contributed by atoms with Gasteiger partial charge in [0.25, 0.3) is 0 Å². The van der Waals surface area contributed by atoms with Crippen LogP contribution >= 0.6 is 15.9 Å². The summed E-state index contributed by atoms with van der Waals surface area (Å²) >= 11 is 3.49. The van der Waals surface area contributed by atoms with Gasteiger partial charge in [-0.3, -0.25) is 0 Å². The molecular weight excluding hydrogens is 286 g/mol. The first-order chi connectivity index (χ1) is 8.61. The molecule has 0 saturated carbocycles. The summed E-state index contributed by atoms with van der Waals surface area (Å²) in [7, 11) is 0. The normalized spacial score (nSPS) is 12.9. The minimum absolute atomic E-state index is 0.758. The van der Waals surface area contributed by atoms with E-state index in [-0.39, 0.29) is 0 Å². The molecule has 2 heteroatoms. The molecule has 102 valence electrons. The van der Waals surface area contributed by atoms with E-state index in [4.69, 9.17) is 0 Å². The molecule has 0 fully saturated rings. The van der Waals surface area contributed by atoms with Crippen LogP contribution in [0.3, 0.4) is 0 Å². The molecule has 0 aliphatic rings. The molecule has 1 N–H and O–H groups in total. The number of benzene rings is 1. The van der Waals surface area contributed by atoms with Crippen molar-refractivity contribution in [3.8, 4) is 0 Å². The Balaban J connectivity index is 2.50. The third-order valence-electron chi connectivity index (χ3n) is 3.27. The highest BCUT2D eigenvalue weighted by molar-refractivity contribution is 9.10. The molecule has 1 aromatic rings. The average Bonchev–Trinajstić information content (AvgIpc) is 2.35. The van der Waals surface area contributed by atoms with Crippen LogP contribution in [0.15, 0.2) is 28.7 Å². The van der Waals surface area contributed by atoms with Crippen molar-refractivity contribution in [2.45, 2.75) is 40.0 Å². The van der Waals surface area contributed by atoms with Gasteiger partial charge in [0.05, 0.1) is 0 Å². The van der Waals surface area contributed by atoms with Crippen molar-refractivity contribution in [1.29, 1.82) is 0 Å². The molecule has 0 aliphatic carbocycles. The quantitative estimate of drug-likeness (QED) is 0.736. The molecule has 1 unspecified atom stereocenters. The van der Waals surface area contributed by atoms with Gasteiger partial charge in [0, 0.05) is 4.47 Å². The molecule has 1 aromatic carbocycles. The molecule has 1 atom stereocenters. The minimum atomic E-state index is 0.758. The Bertz CT molecular complexity index is 318. The van der Waals surface area contributed by atoms with Gasteiger partial charge in [0.1, 0.15) is 0 Å². The van der Waals surface area contributed by atoms with Crippen molar-refractivity contribution >= 4 is 15.9 Å². The Morgan fingerprint density at radius 3 is 2.33 bits per heavy atom. The van der Waals surface area contributed by atoms with Crippen molar-refractivity contribution in [1.82, 2.24) is 5.32 Å². The second-order valence-corrected chi connectivity index (χ2v) is 6.39. The maximum atomic E-state index is 3.49. The SMILES string of the molecule is CCNCC(CCC(C)C)Cc1ccc(Br)cc1. The van der Waals surface area contributed by atoms with E-state index >= 15 is 0 Å². The van der Waals surface area contributed by atoms with Crippen molar-refractivity contribution in [2.75, 3.05) is 13.1 Å². The van der Waals surface area contributed by atoms with E-state index in [0.717, 1.165) is 29.4 Å². The second kappa shape index (κ2) is 8.71. The molecule has 18 heavy (non-hydrogen) atoms. The van der Waals surface area contributed by atoms with Crippen molar-refractivity contribution < 1.29 is 0 Å². The smallest absolute Gasteiger partial charge is 0.0175 e. The number of nitrogens with one attached hydrogen (secondary N) is 1. The first-order valence-electron chi connectivity index (χ1n) is 7.07. The molecule has 0 saturated heterocycles. The number of hydrogen-bond donors (Lipinski definition) is 1. The molecule has 0 aromatic heterocycles. The summed E-state index contributed by atoms with van der Waals surface area (Å²) in [6.45, 7) is 9.00. The van der Waals surface area contributed by atoms with Crippen LogP contribution in [0.4, 0.5) is 0 Å². The van der Waals surface area contributed by atoms with Crippen molar-refractivity contribution in [3.63, 3.8) is 0 Å². The van der Waals surface area contributed by atoms with E-state index in [1.807, 2.05) is 0 Å². The zero-order valence-corrected chi connectivity index (χ0v) is 13.5. The predicted octanol–water partition coefficient (Wildman–Crippen LogP) is 4.65. The van der Waals surface area contributed by atoms with E-state index in [0.29, 0.717) is 0 Å². The Morgan fingerprint density at radius 1 is 1.11 bits per heavy atom. The number of hydrogen-bond acceptors (Lipinski definition) is 1. The highest BCUT2D eigenvalue weighted by Crippen LogP contribution is 2.18. The first-order valence-corrected chi connectivity index (χ1v) is 7.86. The molecule has 0 aliphatic heterocycles. The molecule has 0 spiro atoms. The van der Waals surface area contributed by atoms with Crippen LogP contribution in [0.2, 0.25) is 0 Å². The Kier molecular flexibility index (Phi) is 7.60. The zero-order chi connectivity index (χ0) is 13.4. The molecule has 0 heterocycles. The predicted molar refractivity (Wildman–Crippen MR) is 84.0 cm³/mol. The summed E-state index contributed by atoms with van der Waals surface area (Å²) in [5.74, 6) is 1.56. The summed E-state index contributed by atoms with van der Waals surface area (Å²) < 4.78 is 1.16. The van der Waals surface area contributed by atoms with Gasteiger partial charge >= 0.3 is 0 Å². The first kappa shape index (κ1) is 15.7. The lowest BCUT2D eigenvalue weighted by atomic mass is 9.92. The lowest BCUT2D eigenvalue weighted by molar-refractivity contribution is 0.402. The summed E-state index contributed by atoms with van der Waals surface area (Å²) in [6.07, 6.45) is 3.83. The summed E-state index contributed by atoms with van der Waals surface area (Å²) in [5, 5.41) is 3.49.